The number of carbonyl (C=O) groups is 1. The topological polar surface area (TPSA) is 41.1 Å². The van der Waals surface area contributed by atoms with Gasteiger partial charge in [0, 0.05) is 12.1 Å². The van der Waals surface area contributed by atoms with Gasteiger partial charge in [-0.05, 0) is 18.1 Å². The van der Waals surface area contributed by atoms with Gasteiger partial charge >= 0.3 is 0 Å². The lowest BCUT2D eigenvalue weighted by atomic mass is 9.98. The third-order valence-electron chi connectivity index (χ3n) is 3.76. The molecule has 1 aliphatic rings. The van der Waals surface area contributed by atoms with E-state index in [1.807, 2.05) is 36.4 Å². The molecule has 108 valence electrons. The summed E-state index contributed by atoms with van der Waals surface area (Å²) in [5.41, 5.74) is 1.68. The van der Waals surface area contributed by atoms with E-state index in [4.69, 9.17) is 0 Å². The first-order valence-corrected chi connectivity index (χ1v) is 7.06. The lowest BCUT2D eigenvalue weighted by Crippen LogP contribution is -2.55. The Hall–Kier alpha value is -2.20. The van der Waals surface area contributed by atoms with Crippen LogP contribution in [0.1, 0.15) is 17.2 Å². The Bertz CT molecular complexity index is 630. The zero-order chi connectivity index (χ0) is 14.7. The molecule has 1 heterocycles. The van der Waals surface area contributed by atoms with Crippen molar-refractivity contribution in [2.75, 3.05) is 6.54 Å². The zero-order valence-corrected chi connectivity index (χ0v) is 11.6. The summed E-state index contributed by atoms with van der Waals surface area (Å²) < 4.78 is 13.9. The molecular formula is C17H17FN2O. The largest absolute Gasteiger partial charge is 0.353 e. The number of piperazine rings is 1. The second kappa shape index (κ2) is 6.06. The molecule has 4 heteroatoms. The molecule has 2 N–H and O–H groups in total. The van der Waals surface area contributed by atoms with E-state index in [2.05, 4.69) is 10.6 Å². The molecule has 0 unspecified atom stereocenters. The van der Waals surface area contributed by atoms with Crippen LogP contribution in [0.5, 0.6) is 0 Å². The summed E-state index contributed by atoms with van der Waals surface area (Å²) in [5, 5.41) is 6.12. The molecule has 0 radical (unpaired) electrons. The second-order valence-electron chi connectivity index (χ2n) is 5.23. The molecule has 0 aliphatic carbocycles. The van der Waals surface area contributed by atoms with Crippen LogP contribution in [-0.2, 0) is 11.2 Å². The minimum absolute atomic E-state index is 0.0357. The van der Waals surface area contributed by atoms with Crippen LogP contribution in [0.25, 0.3) is 0 Å². The first kappa shape index (κ1) is 13.8. The smallest absolute Gasteiger partial charge is 0.237 e. The molecule has 1 saturated heterocycles. The Morgan fingerprint density at radius 2 is 1.76 bits per heavy atom. The van der Waals surface area contributed by atoms with E-state index in [1.165, 1.54) is 6.07 Å². The Kier molecular flexibility index (Phi) is 3.97. The van der Waals surface area contributed by atoms with Gasteiger partial charge in [-0.1, -0.05) is 48.5 Å². The number of halogens is 1. The van der Waals surface area contributed by atoms with E-state index in [1.54, 1.807) is 12.1 Å². The van der Waals surface area contributed by atoms with Gasteiger partial charge in [0.25, 0.3) is 0 Å². The summed E-state index contributed by atoms with van der Waals surface area (Å²) >= 11 is 0. The second-order valence-corrected chi connectivity index (χ2v) is 5.23. The highest BCUT2D eigenvalue weighted by Gasteiger charge is 2.29. The van der Waals surface area contributed by atoms with Crippen LogP contribution < -0.4 is 10.6 Å². The number of benzene rings is 2. The summed E-state index contributed by atoms with van der Waals surface area (Å²) in [6, 6.07) is 16.0. The monoisotopic (exact) mass is 284 g/mol. The molecule has 2 atom stereocenters. The number of hydrogen-bond donors (Lipinski definition) is 2. The van der Waals surface area contributed by atoms with Crippen molar-refractivity contribution in [3.05, 3.63) is 71.5 Å². The van der Waals surface area contributed by atoms with Crippen molar-refractivity contribution in [3.8, 4) is 0 Å². The third-order valence-corrected chi connectivity index (χ3v) is 3.76. The SMILES string of the molecule is O=C1NC[C@@H](c2ccccc2F)N[C@H]1Cc1ccccc1. The van der Waals surface area contributed by atoms with Crippen molar-refractivity contribution < 1.29 is 9.18 Å². The Labute approximate surface area is 123 Å². The molecule has 2 aromatic carbocycles. The molecule has 21 heavy (non-hydrogen) atoms. The summed E-state index contributed by atoms with van der Waals surface area (Å²) in [6.45, 7) is 0.408. The van der Waals surface area contributed by atoms with Crippen LogP contribution in [0.4, 0.5) is 4.39 Å². The molecule has 0 saturated carbocycles. The van der Waals surface area contributed by atoms with Crippen LogP contribution in [0.15, 0.2) is 54.6 Å². The van der Waals surface area contributed by atoms with Crippen molar-refractivity contribution in [1.82, 2.24) is 10.6 Å². The minimum atomic E-state index is -0.342. The quantitative estimate of drug-likeness (QED) is 0.907. The fourth-order valence-electron chi connectivity index (χ4n) is 2.66. The third kappa shape index (κ3) is 3.11. The number of carbonyl (C=O) groups excluding carboxylic acids is 1. The fraction of sp³-hybridized carbons (Fsp3) is 0.235. The van der Waals surface area contributed by atoms with E-state index >= 15 is 0 Å². The summed E-state index contributed by atoms with van der Waals surface area (Å²) in [6.07, 6.45) is 0.595. The van der Waals surface area contributed by atoms with Gasteiger partial charge in [-0.25, -0.2) is 4.39 Å². The van der Waals surface area contributed by atoms with Crippen LogP contribution in [0, 0.1) is 5.82 Å². The average molecular weight is 284 g/mol. The summed E-state index contributed by atoms with van der Waals surface area (Å²) in [4.78, 5) is 12.0. The molecular weight excluding hydrogens is 267 g/mol. The van der Waals surface area contributed by atoms with Gasteiger partial charge in [0.15, 0.2) is 0 Å². The zero-order valence-electron chi connectivity index (χ0n) is 11.6. The van der Waals surface area contributed by atoms with Crippen LogP contribution >= 0.6 is 0 Å². The molecule has 1 amide bonds. The van der Waals surface area contributed by atoms with E-state index in [-0.39, 0.29) is 23.8 Å². The van der Waals surface area contributed by atoms with Gasteiger partial charge in [0.1, 0.15) is 5.82 Å². The first-order valence-electron chi connectivity index (χ1n) is 7.06. The van der Waals surface area contributed by atoms with Crippen molar-refractivity contribution in [2.24, 2.45) is 0 Å². The van der Waals surface area contributed by atoms with Crippen LogP contribution in [0.3, 0.4) is 0 Å². The summed E-state index contributed by atoms with van der Waals surface area (Å²) in [7, 11) is 0. The fourth-order valence-corrected chi connectivity index (χ4v) is 2.66. The highest BCUT2D eigenvalue weighted by Crippen LogP contribution is 2.20. The lowest BCUT2D eigenvalue weighted by molar-refractivity contribution is -0.125. The highest BCUT2D eigenvalue weighted by atomic mass is 19.1. The van der Waals surface area contributed by atoms with Gasteiger partial charge in [-0.15, -0.1) is 0 Å². The number of hydrogen-bond acceptors (Lipinski definition) is 2. The number of rotatable bonds is 3. The van der Waals surface area contributed by atoms with Crippen LogP contribution in [-0.4, -0.2) is 18.5 Å². The Morgan fingerprint density at radius 1 is 1.05 bits per heavy atom. The Morgan fingerprint density at radius 3 is 2.52 bits per heavy atom. The van der Waals surface area contributed by atoms with Gasteiger partial charge < -0.3 is 5.32 Å². The molecule has 0 aromatic heterocycles. The first-order chi connectivity index (χ1) is 10.2. The molecule has 1 fully saturated rings. The van der Waals surface area contributed by atoms with Crippen molar-refractivity contribution in [3.63, 3.8) is 0 Å². The molecule has 0 spiro atoms. The number of nitrogens with one attached hydrogen (secondary N) is 2. The molecule has 1 aliphatic heterocycles. The van der Waals surface area contributed by atoms with E-state index in [0.29, 0.717) is 18.5 Å². The average Bonchev–Trinajstić information content (AvgIpc) is 2.51. The van der Waals surface area contributed by atoms with Crippen molar-refractivity contribution >= 4 is 5.91 Å². The highest BCUT2D eigenvalue weighted by molar-refractivity contribution is 5.83. The molecule has 2 aromatic rings. The van der Waals surface area contributed by atoms with Crippen molar-refractivity contribution in [2.45, 2.75) is 18.5 Å². The molecule has 3 nitrogen and oxygen atoms in total. The minimum Gasteiger partial charge on any atom is -0.353 e. The van der Waals surface area contributed by atoms with E-state index in [0.717, 1.165) is 5.56 Å². The predicted octanol–water partition coefficient (Wildman–Crippen LogP) is 2.20. The number of amides is 1. The predicted molar refractivity (Wildman–Crippen MR) is 79.2 cm³/mol. The maximum absolute atomic E-state index is 13.9. The van der Waals surface area contributed by atoms with E-state index < -0.39 is 0 Å². The van der Waals surface area contributed by atoms with Gasteiger partial charge in [-0.3, -0.25) is 10.1 Å². The maximum atomic E-state index is 13.9. The standard InChI is InChI=1S/C17H17FN2O/c18-14-9-5-4-8-13(14)16-11-19-17(21)15(20-16)10-12-6-2-1-3-7-12/h1-9,15-16,20H,10-11H2,(H,19,21)/t15-,16-/m0/s1. The molecule has 0 bridgehead atoms. The summed E-state index contributed by atoms with van der Waals surface area (Å²) in [5.74, 6) is -0.281. The van der Waals surface area contributed by atoms with Gasteiger partial charge in [0.2, 0.25) is 5.91 Å². The lowest BCUT2D eigenvalue weighted by Gasteiger charge is -2.31. The normalized spacial score (nSPS) is 21.9. The Balaban J connectivity index is 1.76. The van der Waals surface area contributed by atoms with Gasteiger partial charge in [0.05, 0.1) is 12.1 Å². The van der Waals surface area contributed by atoms with Gasteiger partial charge in [-0.2, -0.15) is 0 Å². The maximum Gasteiger partial charge on any atom is 0.237 e. The van der Waals surface area contributed by atoms with Crippen molar-refractivity contribution in [1.29, 1.82) is 0 Å². The molecule has 3 rings (SSSR count). The van der Waals surface area contributed by atoms with Crippen LogP contribution in [0.2, 0.25) is 0 Å². The van der Waals surface area contributed by atoms with E-state index in [9.17, 15) is 9.18 Å².